The van der Waals surface area contributed by atoms with E-state index in [9.17, 15) is 13.2 Å². The maximum absolute atomic E-state index is 12.8. The summed E-state index contributed by atoms with van der Waals surface area (Å²) in [4.78, 5) is 12.1. The molecule has 0 radical (unpaired) electrons. The molecule has 0 spiro atoms. The van der Waals surface area contributed by atoms with Gasteiger partial charge in [0.25, 0.3) is 10.0 Å². The van der Waals surface area contributed by atoms with Gasteiger partial charge in [-0.1, -0.05) is 36.4 Å². The van der Waals surface area contributed by atoms with E-state index >= 15 is 0 Å². The predicted octanol–water partition coefficient (Wildman–Crippen LogP) is 3.06. The number of aromatic nitrogens is 1. The van der Waals surface area contributed by atoms with Gasteiger partial charge in [-0.15, -0.1) is 0 Å². The molecule has 104 valence electrons. The fraction of sp³-hybridized carbons (Fsp3) is 0.0625. The van der Waals surface area contributed by atoms with Crippen LogP contribution < -0.4 is 0 Å². The predicted molar refractivity (Wildman–Crippen MR) is 80.0 cm³/mol. The van der Waals surface area contributed by atoms with Crippen LogP contribution in [0.2, 0.25) is 0 Å². The van der Waals surface area contributed by atoms with E-state index in [2.05, 4.69) is 0 Å². The summed E-state index contributed by atoms with van der Waals surface area (Å²) in [7, 11) is -3.66. The lowest BCUT2D eigenvalue weighted by Gasteiger charge is -2.19. The van der Waals surface area contributed by atoms with Gasteiger partial charge in [0.05, 0.1) is 10.4 Å². The second kappa shape index (κ2) is 3.83. The Morgan fingerprint density at radius 2 is 1.71 bits per heavy atom. The van der Waals surface area contributed by atoms with Gasteiger partial charge < -0.3 is 0 Å². The molecule has 4 rings (SSSR count). The summed E-state index contributed by atoms with van der Waals surface area (Å²) >= 11 is 0. The Kier molecular flexibility index (Phi) is 2.25. The highest BCUT2D eigenvalue weighted by Gasteiger charge is 2.31. The summed E-state index contributed by atoms with van der Waals surface area (Å²) in [6.07, 6.45) is 1.43. The van der Waals surface area contributed by atoms with Crippen molar-refractivity contribution in [2.24, 2.45) is 0 Å². The molecule has 2 aromatic carbocycles. The first kappa shape index (κ1) is 12.3. The lowest BCUT2D eigenvalue weighted by molar-refractivity contribution is 0.101. The summed E-state index contributed by atoms with van der Waals surface area (Å²) in [5, 5.41) is 0.679. The van der Waals surface area contributed by atoms with E-state index in [4.69, 9.17) is 0 Å². The highest BCUT2D eigenvalue weighted by molar-refractivity contribution is 7.90. The van der Waals surface area contributed by atoms with Gasteiger partial charge in [0.1, 0.15) is 0 Å². The van der Waals surface area contributed by atoms with Gasteiger partial charge in [-0.3, -0.25) is 4.79 Å². The summed E-state index contributed by atoms with van der Waals surface area (Å²) in [6, 6.07) is 12.4. The summed E-state index contributed by atoms with van der Waals surface area (Å²) in [5.41, 5.74) is 2.54. The molecule has 0 saturated carbocycles. The number of hydrogen-bond acceptors (Lipinski definition) is 3. The van der Waals surface area contributed by atoms with Gasteiger partial charge in [-0.2, -0.15) is 0 Å². The average Bonchev–Trinajstić information content (AvgIpc) is 2.87. The number of carbonyl (C=O) groups is 1. The molecule has 0 N–H and O–H groups in total. The second-order valence-corrected chi connectivity index (χ2v) is 6.88. The maximum atomic E-state index is 12.8. The normalized spacial score (nSPS) is 14.9. The van der Waals surface area contributed by atoms with E-state index in [1.807, 2.05) is 18.2 Å². The van der Waals surface area contributed by atoms with Crippen molar-refractivity contribution >= 4 is 26.7 Å². The number of nitrogens with zero attached hydrogens (tertiary/aromatic N) is 1. The molecule has 4 nitrogen and oxygen atoms in total. The Balaban J connectivity index is 2.30. The van der Waals surface area contributed by atoms with Crippen LogP contribution in [0.4, 0.5) is 0 Å². The number of fused-ring (bicyclic) bond motifs is 2. The minimum Gasteiger partial charge on any atom is -0.294 e. The quantitative estimate of drug-likeness (QED) is 0.507. The first-order valence-electron chi connectivity index (χ1n) is 6.52. The van der Waals surface area contributed by atoms with Gasteiger partial charge in [0, 0.05) is 28.3 Å². The van der Waals surface area contributed by atoms with Crippen molar-refractivity contribution in [3.63, 3.8) is 0 Å². The van der Waals surface area contributed by atoms with Gasteiger partial charge in [0.2, 0.25) is 0 Å². The lowest BCUT2D eigenvalue weighted by atomic mass is 10.0. The first-order chi connectivity index (χ1) is 10.0. The molecule has 0 amide bonds. The third kappa shape index (κ3) is 1.44. The molecule has 0 bridgehead atoms. The second-order valence-electron chi connectivity index (χ2n) is 5.10. The topological polar surface area (TPSA) is 56.1 Å². The molecular weight excluding hydrogens is 286 g/mol. The molecule has 0 fully saturated rings. The molecule has 1 aliphatic heterocycles. The number of Topliss-reactive ketones (excluding diaryl/α,β-unsaturated/α-hetero) is 1. The maximum Gasteiger partial charge on any atom is 0.268 e. The Morgan fingerprint density at radius 1 is 1.00 bits per heavy atom. The van der Waals surface area contributed by atoms with Crippen molar-refractivity contribution in [3.8, 4) is 11.1 Å². The lowest BCUT2D eigenvalue weighted by Crippen LogP contribution is -2.16. The van der Waals surface area contributed by atoms with Crippen molar-refractivity contribution in [3.05, 3.63) is 54.2 Å². The minimum absolute atomic E-state index is 0.142. The highest BCUT2D eigenvalue weighted by Crippen LogP contribution is 2.41. The Morgan fingerprint density at radius 3 is 2.48 bits per heavy atom. The van der Waals surface area contributed by atoms with Crippen LogP contribution in [0, 0.1) is 0 Å². The van der Waals surface area contributed by atoms with Crippen molar-refractivity contribution in [1.82, 2.24) is 3.97 Å². The number of para-hydroxylation sites is 1. The van der Waals surface area contributed by atoms with Crippen LogP contribution in [-0.4, -0.2) is 18.2 Å². The Labute approximate surface area is 121 Å². The number of carbonyl (C=O) groups excluding carboxylic acids is 1. The zero-order valence-electron chi connectivity index (χ0n) is 11.2. The zero-order chi connectivity index (χ0) is 14.8. The molecule has 0 unspecified atom stereocenters. The highest BCUT2D eigenvalue weighted by atomic mass is 32.2. The van der Waals surface area contributed by atoms with Crippen LogP contribution in [0.3, 0.4) is 0 Å². The fourth-order valence-corrected chi connectivity index (χ4v) is 4.56. The Hall–Kier alpha value is -2.40. The average molecular weight is 297 g/mol. The van der Waals surface area contributed by atoms with Gasteiger partial charge in [-0.05, 0) is 13.0 Å². The molecule has 3 aromatic rings. The monoisotopic (exact) mass is 297 g/mol. The van der Waals surface area contributed by atoms with Crippen LogP contribution in [0.15, 0.2) is 53.6 Å². The van der Waals surface area contributed by atoms with E-state index in [-0.39, 0.29) is 10.7 Å². The smallest absolute Gasteiger partial charge is 0.268 e. The number of rotatable bonds is 1. The van der Waals surface area contributed by atoms with E-state index in [0.29, 0.717) is 22.0 Å². The van der Waals surface area contributed by atoms with Crippen LogP contribution in [0.25, 0.3) is 22.0 Å². The largest absolute Gasteiger partial charge is 0.294 e. The minimum atomic E-state index is -3.66. The molecule has 0 saturated heterocycles. The third-order valence-electron chi connectivity index (χ3n) is 3.89. The number of benzene rings is 2. The zero-order valence-corrected chi connectivity index (χ0v) is 12.0. The standard InChI is InChI=1S/C16H11NO3S/c1-10(18)14-9-17-16-12(6-4-7-13(14)16)11-5-2-3-8-15(11)21(17,19)20/h2-9H,1H3. The van der Waals surface area contributed by atoms with E-state index in [1.165, 1.54) is 17.1 Å². The van der Waals surface area contributed by atoms with Crippen LogP contribution in [0.1, 0.15) is 17.3 Å². The first-order valence-corrected chi connectivity index (χ1v) is 7.96. The molecule has 2 heterocycles. The van der Waals surface area contributed by atoms with Crippen molar-refractivity contribution < 1.29 is 13.2 Å². The number of hydrogen-bond donors (Lipinski definition) is 0. The molecule has 0 atom stereocenters. The summed E-state index contributed by atoms with van der Waals surface area (Å²) in [5.74, 6) is -0.142. The van der Waals surface area contributed by atoms with Crippen LogP contribution in [-0.2, 0) is 10.0 Å². The van der Waals surface area contributed by atoms with Crippen molar-refractivity contribution in [2.75, 3.05) is 0 Å². The van der Waals surface area contributed by atoms with E-state index in [1.54, 1.807) is 24.3 Å². The van der Waals surface area contributed by atoms with E-state index in [0.717, 1.165) is 5.56 Å². The molecular formula is C16H11NO3S. The molecule has 5 heteroatoms. The molecule has 0 aliphatic carbocycles. The van der Waals surface area contributed by atoms with Crippen molar-refractivity contribution in [1.29, 1.82) is 0 Å². The summed E-state index contributed by atoms with van der Waals surface area (Å²) in [6.45, 7) is 1.45. The third-order valence-corrected chi connectivity index (χ3v) is 5.60. The van der Waals surface area contributed by atoms with Gasteiger partial charge in [0.15, 0.2) is 5.78 Å². The number of ketones is 1. The Bertz CT molecular complexity index is 1030. The molecule has 1 aromatic heterocycles. The molecule has 1 aliphatic rings. The van der Waals surface area contributed by atoms with Gasteiger partial charge >= 0.3 is 0 Å². The van der Waals surface area contributed by atoms with Gasteiger partial charge in [-0.25, -0.2) is 12.4 Å². The SMILES string of the molecule is CC(=O)c1cn2c3c(cccc13)-c1ccccc1S2(=O)=O. The molecule has 21 heavy (non-hydrogen) atoms. The van der Waals surface area contributed by atoms with Crippen LogP contribution >= 0.6 is 0 Å². The van der Waals surface area contributed by atoms with E-state index < -0.39 is 10.0 Å². The van der Waals surface area contributed by atoms with Crippen molar-refractivity contribution in [2.45, 2.75) is 11.8 Å². The van der Waals surface area contributed by atoms with Crippen LogP contribution in [0.5, 0.6) is 0 Å². The summed E-state index contributed by atoms with van der Waals surface area (Å²) < 4.78 is 26.8. The fourth-order valence-electron chi connectivity index (χ4n) is 2.96.